The summed E-state index contributed by atoms with van der Waals surface area (Å²) in [5.74, 6) is 0.333. The lowest BCUT2D eigenvalue weighted by Crippen LogP contribution is -2.24. The standard InChI is InChI=1S/C20H22N4O4S/c1-12-10-15(11-18(13(12)2)29(26,27)24(4)5)20(25)22-17-9-7-6-8-16(17)19-21-14(3)28-23-19/h6-11H,1-5H3,(H,22,25). The third-order valence-corrected chi connectivity index (χ3v) is 6.53. The van der Waals surface area contributed by atoms with E-state index in [4.69, 9.17) is 4.52 Å². The molecule has 0 bridgehead atoms. The number of benzene rings is 2. The fourth-order valence-electron chi connectivity index (χ4n) is 2.81. The van der Waals surface area contributed by atoms with Crippen molar-refractivity contribution in [2.24, 2.45) is 0 Å². The SMILES string of the molecule is Cc1nc(-c2ccccc2NC(=O)c2cc(C)c(C)c(S(=O)(=O)N(C)C)c2)no1. The molecule has 0 fully saturated rings. The molecule has 0 aliphatic rings. The molecule has 0 radical (unpaired) electrons. The van der Waals surface area contributed by atoms with Gasteiger partial charge in [0.25, 0.3) is 5.91 Å². The largest absolute Gasteiger partial charge is 0.339 e. The van der Waals surface area contributed by atoms with Crippen LogP contribution in [0.1, 0.15) is 27.4 Å². The molecule has 8 nitrogen and oxygen atoms in total. The van der Waals surface area contributed by atoms with Crippen molar-refractivity contribution in [2.45, 2.75) is 25.7 Å². The maximum Gasteiger partial charge on any atom is 0.255 e. The van der Waals surface area contributed by atoms with Gasteiger partial charge < -0.3 is 9.84 Å². The number of nitrogens with zero attached hydrogens (tertiary/aromatic N) is 3. The van der Waals surface area contributed by atoms with Gasteiger partial charge in [-0.1, -0.05) is 17.3 Å². The van der Waals surface area contributed by atoms with Crippen LogP contribution >= 0.6 is 0 Å². The molecule has 3 aromatic rings. The van der Waals surface area contributed by atoms with Crippen LogP contribution in [0, 0.1) is 20.8 Å². The van der Waals surface area contributed by atoms with Gasteiger partial charge in [-0.2, -0.15) is 4.98 Å². The molecule has 1 N–H and O–H groups in total. The summed E-state index contributed by atoms with van der Waals surface area (Å²) < 4.78 is 31.4. The highest BCUT2D eigenvalue weighted by atomic mass is 32.2. The highest BCUT2D eigenvalue weighted by molar-refractivity contribution is 7.89. The molecule has 0 aliphatic carbocycles. The first-order chi connectivity index (χ1) is 13.6. The second kappa shape index (κ2) is 7.76. The van der Waals surface area contributed by atoms with Gasteiger partial charge in [-0.15, -0.1) is 0 Å². The number of hydrogen-bond donors (Lipinski definition) is 1. The molecule has 29 heavy (non-hydrogen) atoms. The second-order valence-corrected chi connectivity index (χ2v) is 8.96. The molecule has 152 valence electrons. The maximum absolute atomic E-state index is 12.9. The van der Waals surface area contributed by atoms with Gasteiger partial charge in [0.2, 0.25) is 21.7 Å². The lowest BCUT2D eigenvalue weighted by molar-refractivity contribution is 0.102. The lowest BCUT2D eigenvalue weighted by Gasteiger charge is -2.17. The number of carbonyl (C=O) groups is 1. The van der Waals surface area contributed by atoms with E-state index >= 15 is 0 Å². The number of carbonyl (C=O) groups excluding carboxylic acids is 1. The zero-order valence-corrected chi connectivity index (χ0v) is 17.7. The fraction of sp³-hybridized carbons (Fsp3) is 0.250. The van der Waals surface area contributed by atoms with E-state index in [1.165, 1.54) is 20.2 Å². The Morgan fingerprint density at radius 1 is 1.10 bits per heavy atom. The Balaban J connectivity index is 2.01. The van der Waals surface area contributed by atoms with Crippen LogP contribution in [-0.4, -0.2) is 42.9 Å². The van der Waals surface area contributed by atoms with Crippen molar-refractivity contribution in [1.82, 2.24) is 14.4 Å². The van der Waals surface area contributed by atoms with Gasteiger partial charge in [-0.05, 0) is 49.2 Å². The number of sulfonamides is 1. The Bertz CT molecular complexity index is 1180. The van der Waals surface area contributed by atoms with E-state index in [1.54, 1.807) is 51.1 Å². The molecule has 1 heterocycles. The van der Waals surface area contributed by atoms with Gasteiger partial charge in [0.1, 0.15) is 0 Å². The lowest BCUT2D eigenvalue weighted by atomic mass is 10.1. The van der Waals surface area contributed by atoms with Crippen LogP contribution < -0.4 is 5.32 Å². The summed E-state index contributed by atoms with van der Waals surface area (Å²) in [6, 6.07) is 10.1. The maximum atomic E-state index is 12.9. The van der Waals surface area contributed by atoms with Crippen molar-refractivity contribution < 1.29 is 17.7 Å². The van der Waals surface area contributed by atoms with Gasteiger partial charge in [0, 0.05) is 32.1 Å². The van der Waals surface area contributed by atoms with E-state index in [-0.39, 0.29) is 10.5 Å². The van der Waals surface area contributed by atoms with Crippen LogP contribution in [-0.2, 0) is 10.0 Å². The minimum absolute atomic E-state index is 0.106. The number of para-hydroxylation sites is 1. The average Bonchev–Trinajstić information content (AvgIpc) is 3.10. The van der Waals surface area contributed by atoms with Crippen molar-refractivity contribution >= 4 is 21.6 Å². The van der Waals surface area contributed by atoms with Crippen LogP contribution in [0.5, 0.6) is 0 Å². The molecule has 0 saturated carbocycles. The van der Waals surface area contributed by atoms with E-state index in [0.717, 1.165) is 4.31 Å². The van der Waals surface area contributed by atoms with Gasteiger partial charge >= 0.3 is 0 Å². The van der Waals surface area contributed by atoms with E-state index in [9.17, 15) is 13.2 Å². The monoisotopic (exact) mass is 414 g/mol. The number of hydrogen-bond acceptors (Lipinski definition) is 6. The number of anilines is 1. The van der Waals surface area contributed by atoms with Crippen molar-refractivity contribution in [3.05, 3.63) is 59.0 Å². The summed E-state index contributed by atoms with van der Waals surface area (Å²) in [4.78, 5) is 17.2. The van der Waals surface area contributed by atoms with Crippen molar-refractivity contribution in [2.75, 3.05) is 19.4 Å². The van der Waals surface area contributed by atoms with Gasteiger partial charge in [0.05, 0.1) is 10.6 Å². The first kappa shape index (κ1) is 20.7. The van der Waals surface area contributed by atoms with Gasteiger partial charge in [0.15, 0.2) is 0 Å². The molecule has 0 aliphatic heterocycles. The van der Waals surface area contributed by atoms with E-state index < -0.39 is 15.9 Å². The molecule has 1 amide bonds. The second-order valence-electron chi connectivity index (χ2n) is 6.84. The smallest absolute Gasteiger partial charge is 0.255 e. The summed E-state index contributed by atoms with van der Waals surface area (Å²) in [5, 5.41) is 6.72. The summed E-state index contributed by atoms with van der Waals surface area (Å²) in [7, 11) is -0.770. The fourth-order valence-corrected chi connectivity index (χ4v) is 4.03. The third kappa shape index (κ3) is 4.06. The first-order valence-electron chi connectivity index (χ1n) is 8.86. The molecule has 2 aromatic carbocycles. The quantitative estimate of drug-likeness (QED) is 0.687. The van der Waals surface area contributed by atoms with E-state index in [0.29, 0.717) is 34.1 Å². The molecular formula is C20H22N4O4S. The highest BCUT2D eigenvalue weighted by Gasteiger charge is 2.23. The predicted octanol–water partition coefficient (Wildman–Crippen LogP) is 3.16. The summed E-state index contributed by atoms with van der Waals surface area (Å²) in [5.41, 5.74) is 2.65. The molecule has 0 saturated heterocycles. The van der Waals surface area contributed by atoms with Gasteiger partial charge in [-0.3, -0.25) is 4.79 Å². The van der Waals surface area contributed by atoms with Crippen LogP contribution in [0.15, 0.2) is 45.8 Å². The topological polar surface area (TPSA) is 105 Å². The summed E-state index contributed by atoms with van der Waals surface area (Å²) >= 11 is 0. The van der Waals surface area contributed by atoms with Crippen LogP contribution in [0.2, 0.25) is 0 Å². The zero-order chi connectivity index (χ0) is 21.3. The number of rotatable bonds is 5. The highest BCUT2D eigenvalue weighted by Crippen LogP contribution is 2.27. The van der Waals surface area contributed by atoms with Crippen molar-refractivity contribution in [1.29, 1.82) is 0 Å². The third-order valence-electron chi connectivity index (χ3n) is 4.58. The molecule has 1 aromatic heterocycles. The summed E-state index contributed by atoms with van der Waals surface area (Å²) in [6.07, 6.45) is 0. The number of amides is 1. The molecule has 3 rings (SSSR count). The average molecular weight is 414 g/mol. The molecule has 0 atom stereocenters. The Morgan fingerprint density at radius 2 is 1.79 bits per heavy atom. The normalized spacial score (nSPS) is 11.7. The van der Waals surface area contributed by atoms with E-state index in [1.807, 2.05) is 0 Å². The molecular weight excluding hydrogens is 392 g/mol. The van der Waals surface area contributed by atoms with Crippen LogP contribution in [0.3, 0.4) is 0 Å². The number of aromatic nitrogens is 2. The van der Waals surface area contributed by atoms with Gasteiger partial charge in [-0.25, -0.2) is 12.7 Å². The zero-order valence-electron chi connectivity index (χ0n) is 16.8. The minimum Gasteiger partial charge on any atom is -0.339 e. The minimum atomic E-state index is -3.69. The van der Waals surface area contributed by atoms with Crippen molar-refractivity contribution in [3.63, 3.8) is 0 Å². The molecule has 0 spiro atoms. The Labute approximate surface area is 169 Å². The van der Waals surface area contributed by atoms with Crippen LogP contribution in [0.25, 0.3) is 11.4 Å². The van der Waals surface area contributed by atoms with E-state index in [2.05, 4.69) is 15.5 Å². The Kier molecular flexibility index (Phi) is 5.54. The Hall–Kier alpha value is -3.04. The van der Waals surface area contributed by atoms with Crippen LogP contribution in [0.4, 0.5) is 5.69 Å². The Morgan fingerprint density at radius 3 is 2.41 bits per heavy atom. The van der Waals surface area contributed by atoms with Crippen molar-refractivity contribution in [3.8, 4) is 11.4 Å². The molecule has 0 unspecified atom stereocenters. The predicted molar refractivity (Wildman–Crippen MR) is 109 cm³/mol. The molecule has 9 heteroatoms. The first-order valence-corrected chi connectivity index (χ1v) is 10.3. The number of aryl methyl sites for hydroxylation is 2. The summed E-state index contributed by atoms with van der Waals surface area (Å²) in [6.45, 7) is 5.18. The number of nitrogens with one attached hydrogen (secondary N) is 1.